The molecule has 0 saturated carbocycles. The third-order valence-electron chi connectivity index (χ3n) is 3.00. The van der Waals surface area contributed by atoms with E-state index in [4.69, 9.17) is 5.73 Å². The fourth-order valence-corrected chi connectivity index (χ4v) is 2.24. The molecule has 0 spiro atoms. The van der Waals surface area contributed by atoms with Crippen LogP contribution in [0, 0.1) is 0 Å². The molecule has 0 atom stereocenters. The van der Waals surface area contributed by atoms with Crippen LogP contribution in [0.15, 0.2) is 30.2 Å². The molecule has 1 aliphatic carbocycles. The minimum atomic E-state index is -0.633. The van der Waals surface area contributed by atoms with E-state index in [0.29, 0.717) is 18.5 Å². The maximum absolute atomic E-state index is 11.4. The van der Waals surface area contributed by atoms with Gasteiger partial charge in [-0.05, 0) is 18.6 Å². The average Bonchev–Trinajstić information content (AvgIpc) is 2.66. The number of primary amides is 1. The van der Waals surface area contributed by atoms with Crippen LogP contribution in [0.1, 0.15) is 17.8 Å². The number of nitrogens with two attached hydrogens (primary N) is 1. The molecule has 0 aromatic carbocycles. The summed E-state index contributed by atoms with van der Waals surface area (Å²) in [6, 6.07) is 5.63. The second kappa shape index (κ2) is 3.35. The van der Waals surface area contributed by atoms with Gasteiger partial charge in [0, 0.05) is 12.6 Å². The number of hydrogen-bond donors (Lipinski definition) is 2. The first kappa shape index (κ1) is 9.89. The Morgan fingerprint density at radius 1 is 1.41 bits per heavy atom. The number of rotatable bonds is 1. The van der Waals surface area contributed by atoms with Gasteiger partial charge in [-0.1, -0.05) is 6.07 Å². The predicted molar refractivity (Wildman–Crippen MR) is 62.3 cm³/mol. The summed E-state index contributed by atoms with van der Waals surface area (Å²) in [5.74, 6) is -0.597. The van der Waals surface area contributed by atoms with Crippen molar-refractivity contribution in [2.75, 3.05) is 0 Å². The molecule has 5 heteroatoms. The molecule has 2 aromatic heterocycles. The van der Waals surface area contributed by atoms with Crippen molar-refractivity contribution < 1.29 is 9.90 Å². The first-order valence-electron chi connectivity index (χ1n) is 5.36. The molecule has 0 fully saturated rings. The van der Waals surface area contributed by atoms with Gasteiger partial charge in [-0.2, -0.15) is 0 Å². The standard InChI is InChI=1S/C12H11N3O2/c13-12(17)10-8(16)5-4-7-11(10)14-9-3-1-2-6-15(7)9/h1-3,6,16H,4-5H2,(H2,13,17). The van der Waals surface area contributed by atoms with Gasteiger partial charge >= 0.3 is 0 Å². The molecule has 0 saturated heterocycles. The minimum Gasteiger partial charge on any atom is -0.511 e. The van der Waals surface area contributed by atoms with Gasteiger partial charge in [0.05, 0.1) is 5.69 Å². The molecule has 0 bridgehead atoms. The van der Waals surface area contributed by atoms with E-state index < -0.39 is 5.91 Å². The van der Waals surface area contributed by atoms with Crippen molar-refractivity contribution in [2.45, 2.75) is 12.8 Å². The number of aliphatic hydroxyl groups excluding tert-OH is 1. The van der Waals surface area contributed by atoms with Crippen LogP contribution >= 0.6 is 0 Å². The van der Waals surface area contributed by atoms with E-state index in [9.17, 15) is 9.90 Å². The Bertz CT molecular complexity index is 655. The monoisotopic (exact) mass is 229 g/mol. The van der Waals surface area contributed by atoms with Crippen LogP contribution in [0.25, 0.3) is 11.2 Å². The van der Waals surface area contributed by atoms with Gasteiger partial charge in [0.15, 0.2) is 0 Å². The van der Waals surface area contributed by atoms with Crippen LogP contribution in [-0.2, 0) is 11.2 Å². The number of aromatic nitrogens is 2. The summed E-state index contributed by atoms with van der Waals surface area (Å²) in [7, 11) is 0. The smallest absolute Gasteiger partial charge is 0.254 e. The van der Waals surface area contributed by atoms with Gasteiger partial charge in [0.2, 0.25) is 0 Å². The number of aliphatic hydroxyl groups is 1. The van der Waals surface area contributed by atoms with Crippen LogP contribution in [0.4, 0.5) is 0 Å². The lowest BCUT2D eigenvalue weighted by Gasteiger charge is -2.13. The first-order chi connectivity index (χ1) is 8.18. The quantitative estimate of drug-likeness (QED) is 0.766. The molecular weight excluding hydrogens is 218 g/mol. The van der Waals surface area contributed by atoms with Crippen LogP contribution in [0.5, 0.6) is 0 Å². The number of fused-ring (bicyclic) bond motifs is 3. The molecule has 0 unspecified atom stereocenters. The summed E-state index contributed by atoms with van der Waals surface area (Å²) < 4.78 is 1.92. The van der Waals surface area contributed by atoms with Gasteiger partial charge in [-0.15, -0.1) is 0 Å². The van der Waals surface area contributed by atoms with E-state index in [1.165, 1.54) is 0 Å². The molecule has 0 aliphatic heterocycles. The maximum atomic E-state index is 11.4. The minimum absolute atomic E-state index is 0.0356. The van der Waals surface area contributed by atoms with Gasteiger partial charge in [-0.3, -0.25) is 4.79 Å². The van der Waals surface area contributed by atoms with Crippen molar-refractivity contribution in [3.63, 3.8) is 0 Å². The molecule has 3 rings (SSSR count). The van der Waals surface area contributed by atoms with Crippen molar-refractivity contribution in [1.29, 1.82) is 0 Å². The molecule has 1 aliphatic rings. The lowest BCUT2D eigenvalue weighted by Crippen LogP contribution is -2.19. The molecule has 1 amide bonds. The highest BCUT2D eigenvalue weighted by Gasteiger charge is 2.27. The number of amides is 1. The molecule has 17 heavy (non-hydrogen) atoms. The van der Waals surface area contributed by atoms with E-state index in [2.05, 4.69) is 4.98 Å². The number of allylic oxidation sites excluding steroid dienone is 1. The fraction of sp³-hybridized carbons (Fsp3) is 0.167. The zero-order valence-electron chi connectivity index (χ0n) is 9.05. The van der Waals surface area contributed by atoms with Gasteiger partial charge in [-0.25, -0.2) is 4.98 Å². The van der Waals surface area contributed by atoms with E-state index in [0.717, 1.165) is 11.3 Å². The van der Waals surface area contributed by atoms with Crippen LogP contribution in [0.2, 0.25) is 0 Å². The third kappa shape index (κ3) is 1.32. The van der Waals surface area contributed by atoms with Crippen LogP contribution in [0.3, 0.4) is 0 Å². The lowest BCUT2D eigenvalue weighted by atomic mass is 9.98. The Hall–Kier alpha value is -2.30. The number of hydrogen-bond acceptors (Lipinski definition) is 3. The number of nitrogens with zero attached hydrogens (tertiary/aromatic N) is 2. The molecule has 2 aromatic rings. The Balaban J connectivity index is 2.35. The van der Waals surface area contributed by atoms with Gasteiger partial charge < -0.3 is 15.2 Å². The number of carbonyl (C=O) groups is 1. The van der Waals surface area contributed by atoms with Crippen LogP contribution < -0.4 is 5.73 Å². The average molecular weight is 229 g/mol. The van der Waals surface area contributed by atoms with E-state index in [1.54, 1.807) is 0 Å². The molecule has 86 valence electrons. The van der Waals surface area contributed by atoms with Crippen molar-refractivity contribution >= 4 is 17.1 Å². The number of pyridine rings is 1. The summed E-state index contributed by atoms with van der Waals surface area (Å²) in [5, 5.41) is 9.74. The summed E-state index contributed by atoms with van der Waals surface area (Å²) in [5.41, 5.74) is 7.62. The highest BCUT2D eigenvalue weighted by molar-refractivity contribution is 6.19. The normalized spacial score (nSPS) is 15.1. The molecule has 5 nitrogen and oxygen atoms in total. The second-order valence-corrected chi connectivity index (χ2v) is 4.02. The largest absolute Gasteiger partial charge is 0.511 e. The zero-order chi connectivity index (χ0) is 12.0. The summed E-state index contributed by atoms with van der Waals surface area (Å²) >= 11 is 0. The highest BCUT2D eigenvalue weighted by Crippen LogP contribution is 2.30. The number of carbonyl (C=O) groups excluding carboxylic acids is 1. The van der Waals surface area contributed by atoms with Crippen molar-refractivity contribution in [3.8, 4) is 0 Å². The van der Waals surface area contributed by atoms with Crippen molar-refractivity contribution in [2.24, 2.45) is 5.73 Å². The first-order valence-corrected chi connectivity index (χ1v) is 5.36. The lowest BCUT2D eigenvalue weighted by molar-refractivity contribution is -0.112. The Labute approximate surface area is 97.2 Å². The second-order valence-electron chi connectivity index (χ2n) is 4.02. The maximum Gasteiger partial charge on any atom is 0.254 e. The van der Waals surface area contributed by atoms with E-state index >= 15 is 0 Å². The van der Waals surface area contributed by atoms with Gasteiger partial charge in [0.25, 0.3) is 5.91 Å². The SMILES string of the molecule is NC(=O)C1=C(O)CCc2c1nc1ccccn21. The molecule has 0 radical (unpaired) electrons. The van der Waals surface area contributed by atoms with Crippen molar-refractivity contribution in [3.05, 3.63) is 41.5 Å². The van der Waals surface area contributed by atoms with E-state index in [-0.39, 0.29) is 11.3 Å². The summed E-state index contributed by atoms with van der Waals surface area (Å²) in [4.78, 5) is 15.7. The zero-order valence-corrected chi connectivity index (χ0v) is 9.05. The molecule has 2 heterocycles. The van der Waals surface area contributed by atoms with Gasteiger partial charge in [0.1, 0.15) is 22.7 Å². The molecular formula is C12H11N3O2. The fourth-order valence-electron chi connectivity index (χ4n) is 2.24. The predicted octanol–water partition coefficient (Wildman–Crippen LogP) is 1.03. The molecule has 3 N–H and O–H groups in total. The summed E-state index contributed by atoms with van der Waals surface area (Å²) in [6.07, 6.45) is 2.97. The summed E-state index contributed by atoms with van der Waals surface area (Å²) in [6.45, 7) is 0. The third-order valence-corrected chi connectivity index (χ3v) is 3.00. The number of imidazole rings is 1. The number of aryl methyl sites for hydroxylation is 1. The Morgan fingerprint density at radius 2 is 2.24 bits per heavy atom. The Kier molecular flexibility index (Phi) is 1.95. The Morgan fingerprint density at radius 3 is 3.00 bits per heavy atom. The highest BCUT2D eigenvalue weighted by atomic mass is 16.3. The van der Waals surface area contributed by atoms with Crippen LogP contribution in [-0.4, -0.2) is 20.4 Å². The van der Waals surface area contributed by atoms with Crippen molar-refractivity contribution in [1.82, 2.24) is 9.38 Å². The topological polar surface area (TPSA) is 80.6 Å². The van der Waals surface area contributed by atoms with E-state index in [1.807, 2.05) is 28.8 Å².